The molecule has 0 fully saturated rings. The van der Waals surface area contributed by atoms with E-state index in [1.807, 2.05) is 12.1 Å². The van der Waals surface area contributed by atoms with Gasteiger partial charge in [-0.15, -0.1) is 11.8 Å². The van der Waals surface area contributed by atoms with Gasteiger partial charge < -0.3 is 5.11 Å². The van der Waals surface area contributed by atoms with Crippen molar-refractivity contribution in [1.29, 1.82) is 0 Å². The van der Waals surface area contributed by atoms with Gasteiger partial charge in [0.1, 0.15) is 11.6 Å². The fourth-order valence-corrected chi connectivity index (χ4v) is 4.98. The average molecular weight is 441 g/mol. The van der Waals surface area contributed by atoms with Crippen molar-refractivity contribution in [2.75, 3.05) is 6.61 Å². The quantitative estimate of drug-likeness (QED) is 0.362. The second-order valence-electron chi connectivity index (χ2n) is 8.42. The molecule has 164 valence electrons. The maximum absolute atomic E-state index is 13.7. The molecule has 0 aliphatic carbocycles. The fourth-order valence-electron chi connectivity index (χ4n) is 4.03. The maximum Gasteiger partial charge on any atom is 0.123 e. The minimum Gasteiger partial charge on any atom is -0.396 e. The van der Waals surface area contributed by atoms with Crippen molar-refractivity contribution in [1.82, 2.24) is 0 Å². The molecule has 0 bridgehead atoms. The molecule has 0 saturated heterocycles. The lowest BCUT2D eigenvalue weighted by molar-refractivity contribution is 0.299. The van der Waals surface area contributed by atoms with Crippen molar-refractivity contribution in [3.05, 3.63) is 88.5 Å². The van der Waals surface area contributed by atoms with Crippen LogP contribution in [-0.4, -0.2) is 11.7 Å². The van der Waals surface area contributed by atoms with Crippen molar-refractivity contribution in [2.24, 2.45) is 0 Å². The molecule has 3 aromatic carbocycles. The van der Waals surface area contributed by atoms with Crippen molar-refractivity contribution in [3.63, 3.8) is 0 Å². The summed E-state index contributed by atoms with van der Waals surface area (Å²) >= 11 is 1.66. The Morgan fingerprint density at radius 2 is 1.29 bits per heavy atom. The molecule has 0 aliphatic heterocycles. The van der Waals surface area contributed by atoms with Gasteiger partial charge in [0.2, 0.25) is 0 Å². The number of thioether (sulfide) groups is 1. The number of benzene rings is 3. The topological polar surface area (TPSA) is 20.2 Å². The number of halogens is 2. The van der Waals surface area contributed by atoms with Gasteiger partial charge in [-0.25, -0.2) is 8.78 Å². The second kappa shape index (κ2) is 10.4. The van der Waals surface area contributed by atoms with Gasteiger partial charge in [-0.2, -0.15) is 0 Å². The maximum atomic E-state index is 13.7. The predicted molar refractivity (Wildman–Crippen MR) is 127 cm³/mol. The highest BCUT2D eigenvalue weighted by Crippen LogP contribution is 2.41. The largest absolute Gasteiger partial charge is 0.396 e. The summed E-state index contributed by atoms with van der Waals surface area (Å²) in [4.78, 5) is 0.998. The van der Waals surface area contributed by atoms with E-state index in [1.165, 1.54) is 41.0 Å². The number of aliphatic hydroxyl groups is 1. The van der Waals surface area contributed by atoms with E-state index >= 15 is 0 Å². The standard InChI is InChI=1S/C27H30F2OS/c1-17(2)24-15-25(18(3)4)26(16-31-22-11-9-21(29)10-12-22)27(23(24)13-14-30)19-5-7-20(28)8-6-19/h5-12,15,17-18,30H,13-14,16H2,1-4H3. The van der Waals surface area contributed by atoms with Crippen LogP contribution < -0.4 is 0 Å². The zero-order valence-corrected chi connectivity index (χ0v) is 19.4. The molecule has 0 spiro atoms. The lowest BCUT2D eigenvalue weighted by Gasteiger charge is -2.26. The SMILES string of the molecule is CC(C)c1cc(C(C)C)c(CSc2ccc(F)cc2)c(-c2ccc(F)cc2)c1CCO. The summed E-state index contributed by atoms with van der Waals surface area (Å²) < 4.78 is 27.0. The minimum absolute atomic E-state index is 0.0550. The molecule has 3 aromatic rings. The summed E-state index contributed by atoms with van der Waals surface area (Å²) in [6, 6.07) is 15.5. The van der Waals surface area contributed by atoms with E-state index in [1.54, 1.807) is 23.9 Å². The van der Waals surface area contributed by atoms with Crippen LogP contribution in [0.1, 0.15) is 61.8 Å². The first kappa shape index (κ1) is 23.5. The van der Waals surface area contributed by atoms with Crippen molar-refractivity contribution in [3.8, 4) is 11.1 Å². The molecule has 0 amide bonds. The summed E-state index contributed by atoms with van der Waals surface area (Å²) in [6.07, 6.45) is 0.548. The molecular formula is C27H30F2OS. The Kier molecular flexibility index (Phi) is 7.90. The van der Waals surface area contributed by atoms with Crippen molar-refractivity contribution < 1.29 is 13.9 Å². The van der Waals surface area contributed by atoms with Gasteiger partial charge >= 0.3 is 0 Å². The first-order valence-corrected chi connectivity index (χ1v) is 11.7. The lowest BCUT2D eigenvalue weighted by Crippen LogP contribution is -2.09. The van der Waals surface area contributed by atoms with E-state index in [0.29, 0.717) is 24.0 Å². The van der Waals surface area contributed by atoms with Gasteiger partial charge in [0.15, 0.2) is 0 Å². The van der Waals surface area contributed by atoms with Gasteiger partial charge in [-0.1, -0.05) is 45.9 Å². The van der Waals surface area contributed by atoms with Crippen LogP contribution in [0.2, 0.25) is 0 Å². The molecule has 4 heteroatoms. The smallest absolute Gasteiger partial charge is 0.123 e. The van der Waals surface area contributed by atoms with E-state index in [0.717, 1.165) is 21.6 Å². The normalized spacial score (nSPS) is 11.5. The average Bonchev–Trinajstić information content (AvgIpc) is 2.73. The Morgan fingerprint density at radius 1 is 0.774 bits per heavy atom. The van der Waals surface area contributed by atoms with Gasteiger partial charge in [0, 0.05) is 17.3 Å². The first-order chi connectivity index (χ1) is 14.8. The summed E-state index contributed by atoms with van der Waals surface area (Å²) in [6.45, 7) is 8.76. The van der Waals surface area contributed by atoms with Crippen LogP contribution in [0.3, 0.4) is 0 Å². The van der Waals surface area contributed by atoms with Gasteiger partial charge in [0.05, 0.1) is 0 Å². The van der Waals surface area contributed by atoms with Crippen molar-refractivity contribution >= 4 is 11.8 Å². The molecule has 0 radical (unpaired) electrons. The predicted octanol–water partition coefficient (Wildman–Crippen LogP) is 7.71. The van der Waals surface area contributed by atoms with E-state index in [2.05, 4.69) is 33.8 Å². The molecule has 0 unspecified atom stereocenters. The molecule has 0 aromatic heterocycles. The van der Waals surface area contributed by atoms with Gasteiger partial charge in [-0.3, -0.25) is 0 Å². The zero-order chi connectivity index (χ0) is 22.5. The van der Waals surface area contributed by atoms with Crippen molar-refractivity contribution in [2.45, 2.75) is 56.6 Å². The molecule has 31 heavy (non-hydrogen) atoms. The molecular weight excluding hydrogens is 410 g/mol. The monoisotopic (exact) mass is 440 g/mol. The van der Waals surface area contributed by atoms with Crippen LogP contribution in [0.25, 0.3) is 11.1 Å². The van der Waals surface area contributed by atoms with E-state index in [9.17, 15) is 13.9 Å². The Balaban J connectivity index is 2.22. The van der Waals surface area contributed by atoms with Crippen LogP contribution in [-0.2, 0) is 12.2 Å². The van der Waals surface area contributed by atoms with Crippen LogP contribution in [0, 0.1) is 11.6 Å². The van der Waals surface area contributed by atoms with Crippen LogP contribution >= 0.6 is 11.8 Å². The third-order valence-corrected chi connectivity index (χ3v) is 6.59. The zero-order valence-electron chi connectivity index (χ0n) is 18.6. The fraction of sp³-hybridized carbons (Fsp3) is 0.333. The molecule has 3 rings (SSSR count). The third kappa shape index (κ3) is 5.55. The molecule has 1 N–H and O–H groups in total. The summed E-state index contributed by atoms with van der Waals surface area (Å²) in [5, 5.41) is 9.84. The van der Waals surface area contributed by atoms with Crippen LogP contribution in [0.4, 0.5) is 8.78 Å². The summed E-state index contributed by atoms with van der Waals surface area (Å²) in [5.74, 6) is 0.813. The molecule has 0 atom stereocenters. The highest BCUT2D eigenvalue weighted by atomic mass is 32.2. The van der Waals surface area contributed by atoms with E-state index in [4.69, 9.17) is 0 Å². The summed E-state index contributed by atoms with van der Waals surface area (Å²) in [5.41, 5.74) is 6.88. The number of hydrogen-bond acceptors (Lipinski definition) is 2. The first-order valence-electron chi connectivity index (χ1n) is 10.8. The second-order valence-corrected chi connectivity index (χ2v) is 9.47. The number of aliphatic hydroxyl groups excluding tert-OH is 1. The number of rotatable bonds is 8. The Bertz CT molecular complexity index is 1010. The molecule has 0 heterocycles. The molecule has 0 aliphatic rings. The van der Waals surface area contributed by atoms with E-state index in [-0.39, 0.29) is 18.2 Å². The molecule has 1 nitrogen and oxygen atoms in total. The minimum atomic E-state index is -0.265. The molecule has 0 saturated carbocycles. The summed E-state index contributed by atoms with van der Waals surface area (Å²) in [7, 11) is 0. The van der Waals surface area contributed by atoms with E-state index < -0.39 is 0 Å². The van der Waals surface area contributed by atoms with Gasteiger partial charge in [-0.05, 0) is 88.0 Å². The van der Waals surface area contributed by atoms with Crippen LogP contribution in [0.15, 0.2) is 59.5 Å². The Hall–Kier alpha value is -2.17. The highest BCUT2D eigenvalue weighted by Gasteiger charge is 2.22. The lowest BCUT2D eigenvalue weighted by atomic mass is 9.81. The third-order valence-electron chi connectivity index (χ3n) is 5.55. The van der Waals surface area contributed by atoms with Crippen LogP contribution in [0.5, 0.6) is 0 Å². The highest BCUT2D eigenvalue weighted by molar-refractivity contribution is 7.98. The Morgan fingerprint density at radius 3 is 1.81 bits per heavy atom. The number of hydrogen-bond donors (Lipinski definition) is 1. The van der Waals surface area contributed by atoms with Gasteiger partial charge in [0.25, 0.3) is 0 Å². The Labute approximate surface area is 188 Å².